The molecule has 22 heavy (non-hydrogen) atoms. The third-order valence-corrected chi connectivity index (χ3v) is 4.15. The Morgan fingerprint density at radius 1 is 1.45 bits per heavy atom. The van der Waals surface area contributed by atoms with Crippen molar-refractivity contribution >= 4 is 27.8 Å². The van der Waals surface area contributed by atoms with E-state index in [2.05, 4.69) is 20.9 Å². The van der Waals surface area contributed by atoms with E-state index >= 15 is 0 Å². The van der Waals surface area contributed by atoms with E-state index in [0.29, 0.717) is 18.7 Å². The van der Waals surface area contributed by atoms with Crippen molar-refractivity contribution in [2.45, 2.75) is 39.2 Å². The molecule has 0 unspecified atom stereocenters. The summed E-state index contributed by atoms with van der Waals surface area (Å²) >= 11 is 3.29. The Morgan fingerprint density at radius 3 is 3.00 bits per heavy atom. The molecule has 1 aliphatic heterocycles. The number of likely N-dealkylation sites (tertiary alicyclic amines) is 1. The molecule has 0 radical (unpaired) electrons. The number of rotatable bonds is 5. The van der Waals surface area contributed by atoms with E-state index in [9.17, 15) is 9.59 Å². The molecule has 120 valence electrons. The number of carbonyl (C=O) groups is 2. The van der Waals surface area contributed by atoms with Crippen molar-refractivity contribution < 1.29 is 14.3 Å². The number of halogens is 1. The summed E-state index contributed by atoms with van der Waals surface area (Å²) in [5.74, 6) is -0.328. The summed E-state index contributed by atoms with van der Waals surface area (Å²) in [5.41, 5.74) is 0.706. The lowest BCUT2D eigenvalue weighted by atomic mass is 9.98. The van der Waals surface area contributed by atoms with Crippen LogP contribution < -0.4 is 0 Å². The lowest BCUT2D eigenvalue weighted by Crippen LogP contribution is -2.42. The molecule has 6 heteroatoms. The van der Waals surface area contributed by atoms with Gasteiger partial charge in [-0.05, 0) is 47.3 Å². The Balaban J connectivity index is 1.85. The number of piperidine rings is 1. The average molecular weight is 369 g/mol. The van der Waals surface area contributed by atoms with Crippen molar-refractivity contribution in [3.05, 3.63) is 28.5 Å². The summed E-state index contributed by atoms with van der Waals surface area (Å²) in [5, 5.41) is 0. The van der Waals surface area contributed by atoms with E-state index in [1.807, 2.05) is 25.1 Å². The number of hydrogen-bond donors (Lipinski definition) is 0. The molecule has 5 nitrogen and oxygen atoms in total. The smallest absolute Gasteiger partial charge is 0.311 e. The van der Waals surface area contributed by atoms with Crippen LogP contribution in [-0.4, -0.2) is 34.8 Å². The van der Waals surface area contributed by atoms with Gasteiger partial charge in [-0.15, -0.1) is 0 Å². The van der Waals surface area contributed by atoms with Gasteiger partial charge in [-0.25, -0.2) is 4.98 Å². The molecule has 1 amide bonds. The lowest BCUT2D eigenvalue weighted by molar-refractivity contribution is -0.153. The molecule has 2 rings (SSSR count). The fraction of sp³-hybridized carbons (Fsp3) is 0.562. The van der Waals surface area contributed by atoms with Gasteiger partial charge in [0.05, 0.1) is 11.6 Å². The summed E-state index contributed by atoms with van der Waals surface area (Å²) in [6.45, 7) is 3.37. The van der Waals surface area contributed by atoms with E-state index in [0.717, 1.165) is 30.4 Å². The highest BCUT2D eigenvalue weighted by Gasteiger charge is 2.29. The SMILES string of the molecule is CCCC(=O)N1CCC[C@H](C(=O)OCc2cccc(Br)n2)C1. The van der Waals surface area contributed by atoms with Crippen LogP contribution in [0.2, 0.25) is 0 Å². The number of hydrogen-bond acceptors (Lipinski definition) is 4. The Labute approximate surface area is 139 Å². The summed E-state index contributed by atoms with van der Waals surface area (Å²) in [6, 6.07) is 5.49. The first kappa shape index (κ1) is 16.9. The van der Waals surface area contributed by atoms with Crippen LogP contribution >= 0.6 is 15.9 Å². The molecule has 0 aromatic carbocycles. The van der Waals surface area contributed by atoms with Gasteiger partial charge in [-0.2, -0.15) is 0 Å². The second kappa shape index (κ2) is 8.27. The number of pyridine rings is 1. The van der Waals surface area contributed by atoms with Crippen LogP contribution in [0.4, 0.5) is 0 Å². The largest absolute Gasteiger partial charge is 0.459 e. The maximum Gasteiger partial charge on any atom is 0.311 e. The minimum atomic E-state index is -0.240. The Bertz CT molecular complexity index is 536. The van der Waals surface area contributed by atoms with Crippen LogP contribution in [0.5, 0.6) is 0 Å². The van der Waals surface area contributed by atoms with Crippen LogP contribution in [0.25, 0.3) is 0 Å². The van der Waals surface area contributed by atoms with Crippen LogP contribution in [0.1, 0.15) is 38.3 Å². The number of esters is 1. The van der Waals surface area contributed by atoms with Gasteiger partial charge in [0, 0.05) is 19.5 Å². The summed E-state index contributed by atoms with van der Waals surface area (Å²) < 4.78 is 6.07. The summed E-state index contributed by atoms with van der Waals surface area (Å²) in [6.07, 6.45) is 3.01. The Kier molecular flexibility index (Phi) is 6.36. The van der Waals surface area contributed by atoms with Gasteiger partial charge < -0.3 is 9.64 Å². The molecule has 1 aliphatic rings. The molecule has 2 heterocycles. The molecule has 0 N–H and O–H groups in total. The van der Waals surface area contributed by atoms with Crippen LogP contribution in [-0.2, 0) is 20.9 Å². The highest BCUT2D eigenvalue weighted by molar-refractivity contribution is 9.10. The van der Waals surface area contributed by atoms with Gasteiger partial charge in [0.1, 0.15) is 11.2 Å². The fourth-order valence-corrected chi connectivity index (χ4v) is 2.94. The molecule has 1 aromatic rings. The minimum Gasteiger partial charge on any atom is -0.459 e. The van der Waals surface area contributed by atoms with E-state index < -0.39 is 0 Å². The minimum absolute atomic E-state index is 0.133. The van der Waals surface area contributed by atoms with Crippen molar-refractivity contribution in [2.24, 2.45) is 5.92 Å². The number of carbonyl (C=O) groups excluding carboxylic acids is 2. The predicted octanol–water partition coefficient (Wildman–Crippen LogP) is 2.93. The van der Waals surface area contributed by atoms with Crippen molar-refractivity contribution in [1.29, 1.82) is 0 Å². The second-order valence-corrected chi connectivity index (χ2v) is 6.30. The molecular formula is C16H21BrN2O3. The number of ether oxygens (including phenoxy) is 1. The molecule has 0 aliphatic carbocycles. The van der Waals surface area contributed by atoms with E-state index in [1.165, 1.54) is 0 Å². The van der Waals surface area contributed by atoms with Gasteiger partial charge in [-0.1, -0.05) is 13.0 Å². The molecule has 1 aromatic heterocycles. The van der Waals surface area contributed by atoms with Gasteiger partial charge >= 0.3 is 5.97 Å². The molecule has 1 saturated heterocycles. The first-order chi connectivity index (χ1) is 10.6. The van der Waals surface area contributed by atoms with Crippen LogP contribution in [0.15, 0.2) is 22.8 Å². The highest BCUT2D eigenvalue weighted by atomic mass is 79.9. The molecular weight excluding hydrogens is 348 g/mol. The maximum absolute atomic E-state index is 12.2. The topological polar surface area (TPSA) is 59.5 Å². The van der Waals surface area contributed by atoms with Gasteiger partial charge in [0.15, 0.2) is 0 Å². The molecule has 1 atom stereocenters. The molecule has 0 saturated carbocycles. The monoisotopic (exact) mass is 368 g/mol. The Morgan fingerprint density at radius 2 is 2.27 bits per heavy atom. The Hall–Kier alpha value is -1.43. The van der Waals surface area contributed by atoms with E-state index in [4.69, 9.17) is 4.74 Å². The highest BCUT2D eigenvalue weighted by Crippen LogP contribution is 2.19. The summed E-state index contributed by atoms with van der Waals surface area (Å²) in [4.78, 5) is 30.1. The van der Waals surface area contributed by atoms with Gasteiger partial charge in [0.25, 0.3) is 0 Å². The van der Waals surface area contributed by atoms with E-state index in [1.54, 1.807) is 4.90 Å². The third-order valence-electron chi connectivity index (χ3n) is 3.71. The van der Waals surface area contributed by atoms with Crippen molar-refractivity contribution in [1.82, 2.24) is 9.88 Å². The number of nitrogens with zero attached hydrogens (tertiary/aromatic N) is 2. The maximum atomic E-state index is 12.2. The van der Waals surface area contributed by atoms with Crippen LogP contribution in [0, 0.1) is 5.92 Å². The normalized spacial score (nSPS) is 18.1. The average Bonchev–Trinajstić information content (AvgIpc) is 2.53. The first-order valence-electron chi connectivity index (χ1n) is 7.66. The van der Waals surface area contributed by atoms with Gasteiger partial charge in [0.2, 0.25) is 5.91 Å². The zero-order valence-electron chi connectivity index (χ0n) is 12.8. The van der Waals surface area contributed by atoms with Crippen molar-refractivity contribution in [3.63, 3.8) is 0 Å². The standard InChI is InChI=1S/C16H21BrN2O3/c1-2-5-15(20)19-9-4-6-12(10-19)16(21)22-11-13-7-3-8-14(17)18-13/h3,7-8,12H,2,4-6,9-11H2,1H3/t12-/m0/s1. The van der Waals surface area contributed by atoms with E-state index in [-0.39, 0.29) is 24.4 Å². The molecule has 0 bridgehead atoms. The summed E-state index contributed by atoms with van der Waals surface area (Å²) in [7, 11) is 0. The molecule has 1 fully saturated rings. The third kappa shape index (κ3) is 4.80. The van der Waals surface area contributed by atoms with Gasteiger partial charge in [-0.3, -0.25) is 9.59 Å². The second-order valence-electron chi connectivity index (χ2n) is 5.49. The fourth-order valence-electron chi connectivity index (χ4n) is 2.56. The van der Waals surface area contributed by atoms with Crippen molar-refractivity contribution in [2.75, 3.05) is 13.1 Å². The lowest BCUT2D eigenvalue weighted by Gasteiger charge is -2.31. The quantitative estimate of drug-likeness (QED) is 0.592. The predicted molar refractivity (Wildman–Crippen MR) is 85.9 cm³/mol. The number of aromatic nitrogens is 1. The zero-order chi connectivity index (χ0) is 15.9. The molecule has 0 spiro atoms. The van der Waals surface area contributed by atoms with Crippen molar-refractivity contribution in [3.8, 4) is 0 Å². The van der Waals surface area contributed by atoms with Crippen LogP contribution in [0.3, 0.4) is 0 Å². The zero-order valence-corrected chi connectivity index (χ0v) is 14.3. The first-order valence-corrected chi connectivity index (χ1v) is 8.45. The number of amides is 1.